The van der Waals surface area contributed by atoms with Crippen LogP contribution in [0, 0.1) is 5.51 Å². The predicted molar refractivity (Wildman–Crippen MR) is 36.9 cm³/mol. The summed E-state index contributed by atoms with van der Waals surface area (Å²) in [7, 11) is 0. The number of aromatic nitrogens is 3. The van der Waals surface area contributed by atoms with Crippen LogP contribution in [0.1, 0.15) is 0 Å². The highest BCUT2D eigenvalue weighted by atomic mass is 32.1. The molecule has 4 nitrogen and oxygen atoms in total. The zero-order valence-electron chi connectivity index (χ0n) is 4.79. The van der Waals surface area contributed by atoms with Gasteiger partial charge in [-0.1, -0.05) is 0 Å². The summed E-state index contributed by atoms with van der Waals surface area (Å²) < 4.78 is 0.579. The summed E-state index contributed by atoms with van der Waals surface area (Å²) in [5.41, 5.74) is 3.02. The SMILES string of the molecule is O=c1[nH]ncc2n[c]sc12. The van der Waals surface area contributed by atoms with Gasteiger partial charge < -0.3 is 0 Å². The van der Waals surface area contributed by atoms with E-state index in [9.17, 15) is 4.79 Å². The highest BCUT2D eigenvalue weighted by molar-refractivity contribution is 7.16. The smallest absolute Gasteiger partial charge is 0.266 e. The molecule has 2 heterocycles. The van der Waals surface area contributed by atoms with Crippen molar-refractivity contribution in [3.05, 3.63) is 22.1 Å². The van der Waals surface area contributed by atoms with Crippen molar-refractivity contribution in [3.8, 4) is 0 Å². The van der Waals surface area contributed by atoms with E-state index in [0.29, 0.717) is 10.2 Å². The fourth-order valence-corrected chi connectivity index (χ4v) is 1.25. The molecule has 0 aliphatic rings. The first-order valence-electron chi connectivity index (χ1n) is 2.58. The number of thiazole rings is 1. The van der Waals surface area contributed by atoms with E-state index in [4.69, 9.17) is 0 Å². The van der Waals surface area contributed by atoms with E-state index in [0.717, 1.165) is 0 Å². The van der Waals surface area contributed by atoms with Crippen molar-refractivity contribution in [1.29, 1.82) is 0 Å². The molecule has 5 heteroatoms. The van der Waals surface area contributed by atoms with Crippen molar-refractivity contribution < 1.29 is 0 Å². The third kappa shape index (κ3) is 0.640. The lowest BCUT2D eigenvalue weighted by atomic mass is 10.5. The van der Waals surface area contributed by atoms with Crippen LogP contribution in [0.15, 0.2) is 11.0 Å². The van der Waals surface area contributed by atoms with E-state index in [1.807, 2.05) is 0 Å². The quantitative estimate of drug-likeness (QED) is 0.585. The Hall–Kier alpha value is -1.23. The molecule has 0 aliphatic carbocycles. The summed E-state index contributed by atoms with van der Waals surface area (Å²) in [5, 5.41) is 5.88. The zero-order valence-corrected chi connectivity index (χ0v) is 5.60. The molecule has 2 aromatic heterocycles. The highest BCUT2D eigenvalue weighted by Gasteiger charge is 1.98. The van der Waals surface area contributed by atoms with Gasteiger partial charge >= 0.3 is 0 Å². The van der Waals surface area contributed by atoms with E-state index in [2.05, 4.69) is 20.7 Å². The molecule has 1 radical (unpaired) electrons. The highest BCUT2D eigenvalue weighted by Crippen LogP contribution is 2.08. The van der Waals surface area contributed by atoms with Crippen molar-refractivity contribution in [2.75, 3.05) is 0 Å². The Bertz CT molecular complexity index is 404. The summed E-state index contributed by atoms with van der Waals surface area (Å²) in [5.74, 6) is 0. The largest absolute Gasteiger partial charge is 0.283 e. The molecule has 10 heavy (non-hydrogen) atoms. The van der Waals surface area contributed by atoms with Crippen LogP contribution < -0.4 is 5.56 Å². The van der Waals surface area contributed by atoms with Gasteiger partial charge in [0.2, 0.25) is 0 Å². The Morgan fingerprint density at radius 2 is 2.60 bits per heavy atom. The molecule has 0 saturated heterocycles. The normalized spacial score (nSPS) is 10.4. The van der Waals surface area contributed by atoms with Crippen LogP contribution in [0.4, 0.5) is 0 Å². The summed E-state index contributed by atoms with van der Waals surface area (Å²) in [6, 6.07) is 0. The van der Waals surface area contributed by atoms with Gasteiger partial charge in [0.1, 0.15) is 10.2 Å². The van der Waals surface area contributed by atoms with Crippen LogP contribution in [-0.2, 0) is 0 Å². The molecule has 49 valence electrons. The van der Waals surface area contributed by atoms with Crippen LogP contribution in [0.3, 0.4) is 0 Å². The lowest BCUT2D eigenvalue weighted by Crippen LogP contribution is -2.04. The molecule has 1 N–H and O–H groups in total. The van der Waals surface area contributed by atoms with Gasteiger partial charge in [0, 0.05) is 0 Å². The number of aromatic amines is 1. The number of hydrogen-bond acceptors (Lipinski definition) is 4. The van der Waals surface area contributed by atoms with Gasteiger partial charge in [-0.15, -0.1) is 11.3 Å². The Labute approximate surface area is 59.5 Å². The van der Waals surface area contributed by atoms with Crippen molar-refractivity contribution in [2.45, 2.75) is 0 Å². The molecular weight excluding hydrogens is 150 g/mol. The van der Waals surface area contributed by atoms with E-state index < -0.39 is 0 Å². The van der Waals surface area contributed by atoms with Gasteiger partial charge in [-0.25, -0.2) is 10.1 Å². The third-order valence-electron chi connectivity index (χ3n) is 1.11. The number of rotatable bonds is 0. The van der Waals surface area contributed by atoms with Gasteiger partial charge in [0.15, 0.2) is 5.51 Å². The van der Waals surface area contributed by atoms with Crippen LogP contribution in [0.5, 0.6) is 0 Å². The van der Waals surface area contributed by atoms with Crippen molar-refractivity contribution in [1.82, 2.24) is 15.2 Å². The molecule has 0 unspecified atom stereocenters. The summed E-state index contributed by atoms with van der Waals surface area (Å²) in [6.07, 6.45) is 1.50. The van der Waals surface area contributed by atoms with E-state index in [1.54, 1.807) is 0 Å². The van der Waals surface area contributed by atoms with Gasteiger partial charge in [-0.05, 0) is 0 Å². The Kier molecular flexibility index (Phi) is 1.04. The number of hydrogen-bond donors (Lipinski definition) is 1. The van der Waals surface area contributed by atoms with Crippen LogP contribution in [0.2, 0.25) is 0 Å². The first-order chi connectivity index (χ1) is 4.88. The maximum atomic E-state index is 10.9. The number of H-pyrrole nitrogens is 1. The number of fused-ring (bicyclic) bond motifs is 1. The average molecular weight is 152 g/mol. The Morgan fingerprint density at radius 3 is 3.40 bits per heavy atom. The van der Waals surface area contributed by atoms with E-state index in [-0.39, 0.29) is 5.56 Å². The monoisotopic (exact) mass is 152 g/mol. The van der Waals surface area contributed by atoms with E-state index in [1.165, 1.54) is 17.5 Å². The second-order valence-electron chi connectivity index (χ2n) is 1.72. The predicted octanol–water partition coefficient (Wildman–Crippen LogP) is 0.180. The minimum absolute atomic E-state index is 0.198. The first kappa shape index (κ1) is 5.55. The van der Waals surface area contributed by atoms with Crippen LogP contribution in [0.25, 0.3) is 10.2 Å². The molecule has 0 saturated carbocycles. The lowest BCUT2D eigenvalue weighted by molar-refractivity contribution is 1.01. The molecule has 0 spiro atoms. The van der Waals surface area contributed by atoms with E-state index >= 15 is 0 Å². The Balaban J connectivity index is 3.09. The van der Waals surface area contributed by atoms with Crippen molar-refractivity contribution in [3.63, 3.8) is 0 Å². The average Bonchev–Trinajstić information content (AvgIpc) is 2.36. The molecule has 2 rings (SSSR count). The Morgan fingerprint density at radius 1 is 1.70 bits per heavy atom. The standard InChI is InChI=1S/C5H2N3OS/c9-5-4-3(1-7-8-5)6-2-10-4/h1H,(H,8,9). The molecule has 0 bridgehead atoms. The first-order valence-corrected chi connectivity index (χ1v) is 3.40. The molecule has 2 aromatic rings. The van der Waals surface area contributed by atoms with Crippen LogP contribution in [-0.4, -0.2) is 15.2 Å². The summed E-state index contributed by atoms with van der Waals surface area (Å²) in [6.45, 7) is 0. The molecule has 0 amide bonds. The maximum Gasteiger partial charge on any atom is 0.283 e. The second-order valence-corrected chi connectivity index (χ2v) is 2.51. The minimum atomic E-state index is -0.198. The van der Waals surface area contributed by atoms with Crippen molar-refractivity contribution in [2.24, 2.45) is 0 Å². The molecule has 0 atom stereocenters. The fourth-order valence-electron chi connectivity index (χ4n) is 0.674. The molecular formula is C5H2N3OS. The maximum absolute atomic E-state index is 10.9. The van der Waals surface area contributed by atoms with Crippen LogP contribution >= 0.6 is 11.3 Å². The third-order valence-corrected chi connectivity index (χ3v) is 1.89. The summed E-state index contributed by atoms with van der Waals surface area (Å²) >= 11 is 1.19. The van der Waals surface area contributed by atoms with Gasteiger partial charge in [-0.2, -0.15) is 5.10 Å². The van der Waals surface area contributed by atoms with Gasteiger partial charge in [-0.3, -0.25) is 4.79 Å². The molecule has 0 fully saturated rings. The molecule has 0 aromatic carbocycles. The topological polar surface area (TPSA) is 58.6 Å². The fraction of sp³-hybridized carbons (Fsp3) is 0. The number of nitrogens with zero attached hydrogens (tertiary/aromatic N) is 2. The second kappa shape index (κ2) is 1.88. The minimum Gasteiger partial charge on any atom is -0.266 e. The lowest BCUT2D eigenvalue weighted by Gasteiger charge is -1.80. The van der Waals surface area contributed by atoms with Gasteiger partial charge in [0.05, 0.1) is 6.20 Å². The molecule has 0 aliphatic heterocycles. The summed E-state index contributed by atoms with van der Waals surface area (Å²) in [4.78, 5) is 14.7. The number of nitrogens with one attached hydrogen (secondary N) is 1. The zero-order chi connectivity index (χ0) is 6.97. The van der Waals surface area contributed by atoms with Gasteiger partial charge in [0.25, 0.3) is 5.56 Å². The van der Waals surface area contributed by atoms with Crippen molar-refractivity contribution >= 4 is 21.6 Å².